The van der Waals surface area contributed by atoms with Gasteiger partial charge in [-0.1, -0.05) is 0 Å². The van der Waals surface area contributed by atoms with Crippen molar-refractivity contribution in [2.75, 3.05) is 26.3 Å². The van der Waals surface area contributed by atoms with Crippen LogP contribution in [-0.4, -0.2) is 48.1 Å². The van der Waals surface area contributed by atoms with Gasteiger partial charge in [0.25, 0.3) is 5.91 Å². The molecule has 3 rings (SSSR count). The average Bonchev–Trinajstić information content (AvgIpc) is 2.97. The van der Waals surface area contributed by atoms with Gasteiger partial charge in [-0.25, -0.2) is 4.98 Å². The van der Waals surface area contributed by atoms with Crippen molar-refractivity contribution < 1.29 is 9.53 Å². The van der Waals surface area contributed by atoms with E-state index in [0.717, 1.165) is 50.4 Å². The molecule has 2 fully saturated rings. The molecule has 6 heteroatoms. The molecular weight excluding hydrogens is 274 g/mol. The fourth-order valence-electron chi connectivity index (χ4n) is 2.58. The normalized spacial score (nSPS) is 22.1. The second-order valence-electron chi connectivity index (χ2n) is 5.58. The Bertz CT molecular complexity index is 467. The predicted octanol–water partition coefficient (Wildman–Crippen LogP) is 1.29. The number of rotatable bonds is 6. The molecule has 1 amide bonds. The first-order chi connectivity index (χ1) is 9.78. The summed E-state index contributed by atoms with van der Waals surface area (Å²) in [6.07, 6.45) is 4.06. The number of carbonyl (C=O) groups is 1. The molecule has 1 atom stereocenters. The number of hydrogen-bond acceptors (Lipinski definition) is 5. The van der Waals surface area contributed by atoms with Gasteiger partial charge in [-0.3, -0.25) is 4.79 Å². The van der Waals surface area contributed by atoms with Crippen LogP contribution < -0.4 is 5.73 Å². The standard InChI is InChI=1S/C14H21N3O2S/c15-5-3-13-16-12(9-20-13)14(18)17(11-1-2-11)7-10-4-6-19-8-10/h9-11H,1-8,15H2. The molecule has 1 saturated carbocycles. The van der Waals surface area contributed by atoms with Crippen LogP contribution in [0.15, 0.2) is 5.38 Å². The molecular formula is C14H21N3O2S. The van der Waals surface area contributed by atoms with Crippen molar-refractivity contribution in [2.24, 2.45) is 11.7 Å². The van der Waals surface area contributed by atoms with Crippen molar-refractivity contribution >= 4 is 17.2 Å². The van der Waals surface area contributed by atoms with E-state index in [4.69, 9.17) is 10.5 Å². The second kappa shape index (κ2) is 6.20. The van der Waals surface area contributed by atoms with Crippen molar-refractivity contribution in [1.29, 1.82) is 0 Å². The Balaban J connectivity index is 1.67. The van der Waals surface area contributed by atoms with E-state index in [0.29, 0.717) is 24.2 Å². The molecule has 0 spiro atoms. The lowest BCUT2D eigenvalue weighted by Gasteiger charge is -2.24. The molecule has 1 aromatic rings. The lowest BCUT2D eigenvalue weighted by molar-refractivity contribution is 0.0701. The average molecular weight is 295 g/mol. The summed E-state index contributed by atoms with van der Waals surface area (Å²) in [6, 6.07) is 0.419. The maximum absolute atomic E-state index is 12.6. The molecule has 1 saturated heterocycles. The molecule has 2 N–H and O–H groups in total. The van der Waals surface area contributed by atoms with Crippen LogP contribution >= 0.6 is 11.3 Å². The van der Waals surface area contributed by atoms with Crippen LogP contribution in [-0.2, 0) is 11.2 Å². The number of nitrogens with two attached hydrogens (primary N) is 1. The fourth-order valence-corrected chi connectivity index (χ4v) is 3.37. The van der Waals surface area contributed by atoms with E-state index >= 15 is 0 Å². The van der Waals surface area contributed by atoms with Crippen molar-refractivity contribution in [2.45, 2.75) is 31.7 Å². The van der Waals surface area contributed by atoms with Crippen LogP contribution in [0.4, 0.5) is 0 Å². The van der Waals surface area contributed by atoms with Crippen LogP contribution in [0.2, 0.25) is 0 Å². The van der Waals surface area contributed by atoms with Gasteiger partial charge < -0.3 is 15.4 Å². The third kappa shape index (κ3) is 3.19. The Kier molecular flexibility index (Phi) is 4.33. The highest BCUT2D eigenvalue weighted by molar-refractivity contribution is 7.09. The van der Waals surface area contributed by atoms with E-state index in [2.05, 4.69) is 4.98 Å². The molecule has 1 aromatic heterocycles. The molecule has 20 heavy (non-hydrogen) atoms. The van der Waals surface area contributed by atoms with E-state index in [1.54, 1.807) is 0 Å². The van der Waals surface area contributed by atoms with Gasteiger partial charge in [0.15, 0.2) is 0 Å². The van der Waals surface area contributed by atoms with Gasteiger partial charge in [-0.15, -0.1) is 11.3 Å². The summed E-state index contributed by atoms with van der Waals surface area (Å²) in [5.74, 6) is 0.570. The van der Waals surface area contributed by atoms with Crippen molar-refractivity contribution in [3.8, 4) is 0 Å². The molecule has 5 nitrogen and oxygen atoms in total. The van der Waals surface area contributed by atoms with Gasteiger partial charge in [0, 0.05) is 36.9 Å². The molecule has 1 aliphatic carbocycles. The number of aromatic nitrogens is 1. The van der Waals surface area contributed by atoms with Gasteiger partial charge in [0.1, 0.15) is 5.69 Å². The van der Waals surface area contributed by atoms with Crippen molar-refractivity contribution in [1.82, 2.24) is 9.88 Å². The van der Waals surface area contributed by atoms with Gasteiger partial charge in [0.2, 0.25) is 0 Å². The van der Waals surface area contributed by atoms with Crippen LogP contribution in [0.3, 0.4) is 0 Å². The fraction of sp³-hybridized carbons (Fsp3) is 0.714. The minimum Gasteiger partial charge on any atom is -0.381 e. The zero-order valence-electron chi connectivity index (χ0n) is 11.6. The van der Waals surface area contributed by atoms with E-state index in [1.165, 1.54) is 11.3 Å². The zero-order valence-corrected chi connectivity index (χ0v) is 12.4. The smallest absolute Gasteiger partial charge is 0.273 e. The first kappa shape index (κ1) is 14.0. The maximum Gasteiger partial charge on any atom is 0.273 e. The number of carbonyl (C=O) groups excluding carboxylic acids is 1. The summed E-state index contributed by atoms with van der Waals surface area (Å²) >= 11 is 1.53. The Hall–Kier alpha value is -0.980. The predicted molar refractivity (Wildman–Crippen MR) is 77.9 cm³/mol. The number of nitrogens with zero attached hydrogens (tertiary/aromatic N) is 2. The third-order valence-corrected chi connectivity index (χ3v) is 4.77. The molecule has 0 aromatic carbocycles. The molecule has 2 heterocycles. The van der Waals surface area contributed by atoms with Crippen LogP contribution in [0, 0.1) is 5.92 Å². The molecule has 2 aliphatic rings. The van der Waals surface area contributed by atoms with E-state index < -0.39 is 0 Å². The largest absolute Gasteiger partial charge is 0.381 e. The van der Waals surface area contributed by atoms with Gasteiger partial charge in [-0.2, -0.15) is 0 Å². The van der Waals surface area contributed by atoms with Gasteiger partial charge >= 0.3 is 0 Å². The minimum absolute atomic E-state index is 0.0823. The SMILES string of the molecule is NCCc1nc(C(=O)N(CC2CCOC2)C2CC2)cs1. The maximum atomic E-state index is 12.6. The van der Waals surface area contributed by atoms with Crippen LogP contribution in [0.25, 0.3) is 0 Å². The zero-order chi connectivity index (χ0) is 13.9. The third-order valence-electron chi connectivity index (χ3n) is 3.86. The highest BCUT2D eigenvalue weighted by Crippen LogP contribution is 2.30. The van der Waals surface area contributed by atoms with Crippen molar-refractivity contribution in [3.63, 3.8) is 0 Å². The van der Waals surface area contributed by atoms with Gasteiger partial charge in [-0.05, 0) is 25.8 Å². The van der Waals surface area contributed by atoms with Crippen molar-refractivity contribution in [3.05, 3.63) is 16.1 Å². The Morgan fingerprint density at radius 1 is 1.50 bits per heavy atom. The molecule has 1 unspecified atom stereocenters. The quantitative estimate of drug-likeness (QED) is 0.858. The summed E-state index contributed by atoms with van der Waals surface area (Å²) in [6.45, 7) is 3.00. The highest BCUT2D eigenvalue weighted by atomic mass is 32.1. The van der Waals surface area contributed by atoms with Crippen LogP contribution in [0.5, 0.6) is 0 Å². The molecule has 0 bridgehead atoms. The van der Waals surface area contributed by atoms with Gasteiger partial charge in [0.05, 0.1) is 11.6 Å². The first-order valence-electron chi connectivity index (χ1n) is 7.31. The van der Waals surface area contributed by atoms with E-state index in [-0.39, 0.29) is 5.91 Å². The lowest BCUT2D eigenvalue weighted by Crippen LogP contribution is -2.37. The Morgan fingerprint density at radius 3 is 3.00 bits per heavy atom. The number of amides is 1. The summed E-state index contributed by atoms with van der Waals surface area (Å²) in [5.41, 5.74) is 6.12. The monoisotopic (exact) mass is 295 g/mol. The van der Waals surface area contributed by atoms with E-state index in [1.807, 2.05) is 10.3 Å². The Morgan fingerprint density at radius 2 is 2.35 bits per heavy atom. The highest BCUT2D eigenvalue weighted by Gasteiger charge is 2.35. The second-order valence-corrected chi connectivity index (χ2v) is 6.53. The number of thiazole rings is 1. The minimum atomic E-state index is 0.0823. The summed E-state index contributed by atoms with van der Waals surface area (Å²) in [4.78, 5) is 19.1. The Labute approximate surface area is 123 Å². The molecule has 0 radical (unpaired) electrons. The van der Waals surface area contributed by atoms with Crippen LogP contribution in [0.1, 0.15) is 34.8 Å². The first-order valence-corrected chi connectivity index (χ1v) is 8.19. The summed E-state index contributed by atoms with van der Waals surface area (Å²) in [7, 11) is 0. The molecule has 1 aliphatic heterocycles. The number of hydrogen-bond donors (Lipinski definition) is 1. The summed E-state index contributed by atoms with van der Waals surface area (Å²) < 4.78 is 5.41. The number of ether oxygens (including phenoxy) is 1. The molecule has 110 valence electrons. The summed E-state index contributed by atoms with van der Waals surface area (Å²) in [5, 5.41) is 2.82. The lowest BCUT2D eigenvalue weighted by atomic mass is 10.1. The topological polar surface area (TPSA) is 68.5 Å². The van der Waals surface area contributed by atoms with E-state index in [9.17, 15) is 4.79 Å².